The Morgan fingerprint density at radius 1 is 1.20 bits per heavy atom. The van der Waals surface area contributed by atoms with Crippen molar-refractivity contribution in [2.75, 3.05) is 26.2 Å². The molecule has 1 atom stereocenters. The van der Waals surface area contributed by atoms with Crippen molar-refractivity contribution >= 4 is 5.91 Å². The monoisotopic (exact) mass is 406 g/mol. The molecular formula is C23H26N4O3. The lowest BCUT2D eigenvalue weighted by atomic mass is 10.00. The van der Waals surface area contributed by atoms with E-state index in [1.807, 2.05) is 24.3 Å². The van der Waals surface area contributed by atoms with Crippen LogP contribution in [0.15, 0.2) is 60.9 Å². The Bertz CT molecular complexity index is 974. The molecule has 1 aromatic heterocycles. The molecule has 30 heavy (non-hydrogen) atoms. The molecule has 0 radical (unpaired) electrons. The Morgan fingerprint density at radius 2 is 2.00 bits per heavy atom. The van der Waals surface area contributed by atoms with Crippen LogP contribution in [0.2, 0.25) is 0 Å². The van der Waals surface area contributed by atoms with Crippen LogP contribution in [0.5, 0.6) is 5.75 Å². The van der Waals surface area contributed by atoms with Gasteiger partial charge in [0.05, 0.1) is 11.7 Å². The average Bonchev–Trinajstić information content (AvgIpc) is 3.31. The van der Waals surface area contributed by atoms with E-state index in [0.29, 0.717) is 18.1 Å². The summed E-state index contributed by atoms with van der Waals surface area (Å²) in [6, 6.07) is 15.8. The molecule has 1 amide bonds. The minimum atomic E-state index is -0.630. The van der Waals surface area contributed by atoms with Crippen LogP contribution in [0.25, 0.3) is 11.4 Å². The summed E-state index contributed by atoms with van der Waals surface area (Å²) in [6.45, 7) is 2.33. The molecule has 156 valence electrons. The quantitative estimate of drug-likeness (QED) is 0.532. The van der Waals surface area contributed by atoms with Crippen molar-refractivity contribution in [3.05, 3.63) is 72.1 Å². The summed E-state index contributed by atoms with van der Waals surface area (Å²) in [5.74, 6) is 0.993. The van der Waals surface area contributed by atoms with Crippen molar-refractivity contribution in [2.45, 2.75) is 19.1 Å². The van der Waals surface area contributed by atoms with Crippen molar-refractivity contribution < 1.29 is 14.6 Å². The lowest BCUT2D eigenvalue weighted by molar-refractivity contribution is -0.123. The molecule has 0 saturated heterocycles. The Hall–Kier alpha value is -3.16. The number of rotatable bonds is 8. The summed E-state index contributed by atoms with van der Waals surface area (Å²) >= 11 is 0. The predicted molar refractivity (Wildman–Crippen MR) is 114 cm³/mol. The van der Waals surface area contributed by atoms with Gasteiger partial charge in [-0.2, -0.15) is 0 Å². The third-order valence-corrected chi connectivity index (χ3v) is 5.21. The van der Waals surface area contributed by atoms with E-state index in [1.165, 1.54) is 11.1 Å². The number of aromatic nitrogens is 2. The smallest absolute Gasteiger partial charge is 0.258 e. The van der Waals surface area contributed by atoms with E-state index in [0.717, 1.165) is 25.1 Å². The number of aliphatic hydroxyl groups excluding tert-OH is 1. The lowest BCUT2D eigenvalue weighted by Crippen LogP contribution is -2.42. The second-order valence-electron chi connectivity index (χ2n) is 7.43. The number of benzene rings is 2. The summed E-state index contributed by atoms with van der Waals surface area (Å²) < 4.78 is 5.68. The van der Waals surface area contributed by atoms with Gasteiger partial charge in [-0.05, 0) is 29.7 Å². The number of amides is 1. The van der Waals surface area contributed by atoms with Gasteiger partial charge in [0.1, 0.15) is 11.6 Å². The molecule has 2 heterocycles. The third-order valence-electron chi connectivity index (χ3n) is 5.21. The van der Waals surface area contributed by atoms with Gasteiger partial charge in [0, 0.05) is 38.6 Å². The second kappa shape index (κ2) is 9.56. The Balaban J connectivity index is 1.22. The summed E-state index contributed by atoms with van der Waals surface area (Å²) in [5.41, 5.74) is 3.48. The van der Waals surface area contributed by atoms with Crippen LogP contribution in [0, 0.1) is 0 Å². The summed E-state index contributed by atoms with van der Waals surface area (Å²) in [5, 5.41) is 13.1. The van der Waals surface area contributed by atoms with Gasteiger partial charge in [-0.3, -0.25) is 9.69 Å². The number of fused-ring (bicyclic) bond motifs is 1. The van der Waals surface area contributed by atoms with Crippen molar-refractivity contribution in [1.82, 2.24) is 20.2 Å². The number of aliphatic hydroxyl groups is 1. The molecule has 0 bridgehead atoms. The average molecular weight is 406 g/mol. The first-order chi connectivity index (χ1) is 14.7. The third kappa shape index (κ3) is 5.06. The van der Waals surface area contributed by atoms with Crippen LogP contribution in [0.4, 0.5) is 0 Å². The highest BCUT2D eigenvalue weighted by Crippen LogP contribution is 2.26. The van der Waals surface area contributed by atoms with Gasteiger partial charge in [-0.1, -0.05) is 36.4 Å². The molecular weight excluding hydrogens is 380 g/mol. The number of hydrogen-bond donors (Lipinski definition) is 3. The highest BCUT2D eigenvalue weighted by atomic mass is 16.5. The van der Waals surface area contributed by atoms with Gasteiger partial charge in [-0.15, -0.1) is 0 Å². The Labute approximate surface area is 175 Å². The van der Waals surface area contributed by atoms with Crippen LogP contribution >= 0.6 is 0 Å². The van der Waals surface area contributed by atoms with Gasteiger partial charge in [-0.25, -0.2) is 4.98 Å². The molecule has 7 heteroatoms. The fourth-order valence-corrected chi connectivity index (χ4v) is 3.70. The largest absolute Gasteiger partial charge is 0.483 e. The molecule has 0 aliphatic carbocycles. The summed E-state index contributed by atoms with van der Waals surface area (Å²) in [6.07, 6.45) is 3.76. The molecule has 1 aliphatic rings. The SMILES string of the molecule is O=C(COc1ccccc1-c1ncc[nH]1)NCC(O)CN1CCc2ccccc2C1. The molecule has 2 aromatic carbocycles. The first-order valence-corrected chi connectivity index (χ1v) is 10.1. The van der Waals surface area contributed by atoms with E-state index < -0.39 is 6.10 Å². The summed E-state index contributed by atoms with van der Waals surface area (Å²) in [4.78, 5) is 21.7. The maximum Gasteiger partial charge on any atom is 0.258 e. The molecule has 3 N–H and O–H groups in total. The number of carbonyl (C=O) groups is 1. The number of nitrogens with one attached hydrogen (secondary N) is 2. The van der Waals surface area contributed by atoms with E-state index in [4.69, 9.17) is 4.74 Å². The minimum Gasteiger partial charge on any atom is -0.483 e. The van der Waals surface area contributed by atoms with Crippen molar-refractivity contribution in [3.63, 3.8) is 0 Å². The zero-order valence-electron chi connectivity index (χ0n) is 16.8. The van der Waals surface area contributed by atoms with E-state index >= 15 is 0 Å². The molecule has 1 aliphatic heterocycles. The molecule has 7 nitrogen and oxygen atoms in total. The maximum atomic E-state index is 12.2. The number of hydrogen-bond acceptors (Lipinski definition) is 5. The minimum absolute atomic E-state index is 0.123. The fourth-order valence-electron chi connectivity index (χ4n) is 3.70. The standard InChI is InChI=1S/C23H26N4O3/c28-19(15-27-12-9-17-5-1-2-6-18(17)14-27)13-26-22(29)16-30-21-8-4-3-7-20(21)23-24-10-11-25-23/h1-8,10-11,19,28H,9,12-16H2,(H,24,25)(H,26,29). The van der Waals surface area contributed by atoms with Gasteiger partial charge in [0.25, 0.3) is 5.91 Å². The van der Waals surface area contributed by atoms with Crippen molar-refractivity contribution in [2.24, 2.45) is 0 Å². The van der Waals surface area contributed by atoms with Crippen LogP contribution < -0.4 is 10.1 Å². The number of ether oxygens (including phenoxy) is 1. The zero-order valence-corrected chi connectivity index (χ0v) is 16.8. The van der Waals surface area contributed by atoms with E-state index in [2.05, 4.69) is 38.4 Å². The first kappa shape index (κ1) is 20.1. The Kier molecular flexibility index (Phi) is 6.41. The normalized spacial score (nSPS) is 14.7. The van der Waals surface area contributed by atoms with Crippen molar-refractivity contribution in [1.29, 1.82) is 0 Å². The highest BCUT2D eigenvalue weighted by Gasteiger charge is 2.19. The zero-order chi connectivity index (χ0) is 20.8. The van der Waals surface area contributed by atoms with E-state index in [-0.39, 0.29) is 19.1 Å². The maximum absolute atomic E-state index is 12.2. The van der Waals surface area contributed by atoms with Crippen LogP contribution in [0.3, 0.4) is 0 Å². The molecule has 3 aromatic rings. The van der Waals surface area contributed by atoms with Gasteiger partial charge in [0.15, 0.2) is 6.61 Å². The van der Waals surface area contributed by atoms with Gasteiger partial charge >= 0.3 is 0 Å². The van der Waals surface area contributed by atoms with Gasteiger partial charge < -0.3 is 20.1 Å². The van der Waals surface area contributed by atoms with Crippen LogP contribution in [-0.4, -0.2) is 58.2 Å². The van der Waals surface area contributed by atoms with E-state index in [1.54, 1.807) is 18.5 Å². The Morgan fingerprint density at radius 3 is 2.83 bits per heavy atom. The van der Waals surface area contributed by atoms with E-state index in [9.17, 15) is 9.90 Å². The highest BCUT2D eigenvalue weighted by molar-refractivity contribution is 5.78. The predicted octanol–water partition coefficient (Wildman–Crippen LogP) is 1.99. The number of H-pyrrole nitrogens is 1. The number of carbonyl (C=O) groups excluding carboxylic acids is 1. The molecule has 0 fully saturated rings. The summed E-state index contributed by atoms with van der Waals surface area (Å²) in [7, 11) is 0. The number of aromatic amines is 1. The molecule has 0 saturated carbocycles. The topological polar surface area (TPSA) is 90.5 Å². The number of nitrogens with zero attached hydrogens (tertiary/aromatic N) is 2. The molecule has 1 unspecified atom stereocenters. The van der Waals surface area contributed by atoms with Crippen LogP contribution in [-0.2, 0) is 17.8 Å². The fraction of sp³-hybridized carbons (Fsp3) is 0.304. The van der Waals surface area contributed by atoms with Crippen molar-refractivity contribution in [3.8, 4) is 17.1 Å². The number of imidazole rings is 1. The van der Waals surface area contributed by atoms with Gasteiger partial charge in [0.2, 0.25) is 0 Å². The molecule has 0 spiro atoms. The molecule has 4 rings (SSSR count). The van der Waals surface area contributed by atoms with Crippen LogP contribution in [0.1, 0.15) is 11.1 Å². The first-order valence-electron chi connectivity index (χ1n) is 10.1. The number of para-hydroxylation sites is 1. The lowest BCUT2D eigenvalue weighted by Gasteiger charge is -2.30. The second-order valence-corrected chi connectivity index (χ2v) is 7.43. The number of β-amino-alcohol motifs (C(OH)–C–C–N with tert-alkyl or cyclic N) is 1.